The van der Waals surface area contributed by atoms with Crippen molar-refractivity contribution >= 4 is 27.2 Å². The Hall–Kier alpha value is -1.81. The van der Waals surface area contributed by atoms with E-state index < -0.39 is 0 Å². The van der Waals surface area contributed by atoms with Gasteiger partial charge in [-0.2, -0.15) is 0 Å². The van der Waals surface area contributed by atoms with Crippen molar-refractivity contribution in [3.05, 3.63) is 66.1 Å². The average Bonchev–Trinajstić information content (AvgIpc) is 2.90. The molecule has 3 rings (SSSR count). The zero-order valence-electron chi connectivity index (χ0n) is 13.7. The van der Waals surface area contributed by atoms with Gasteiger partial charge in [-0.05, 0) is 36.4 Å². The van der Waals surface area contributed by atoms with E-state index in [1.54, 1.807) is 11.3 Å². The fraction of sp³-hybridized carbons (Fsp3) is 0.158. The van der Waals surface area contributed by atoms with E-state index in [2.05, 4.69) is 36.2 Å². The second-order valence-corrected chi connectivity index (χ2v) is 6.22. The Morgan fingerprint density at radius 1 is 1.25 bits per heavy atom. The molecule has 2 heterocycles. The van der Waals surface area contributed by atoms with Crippen molar-refractivity contribution in [3.63, 3.8) is 0 Å². The van der Waals surface area contributed by atoms with Crippen molar-refractivity contribution < 1.29 is 30.0 Å². The first kappa shape index (κ1) is 20.2. The molecule has 0 bridgehead atoms. The van der Waals surface area contributed by atoms with Gasteiger partial charge in [-0.1, -0.05) is 29.8 Å². The zero-order chi connectivity index (χ0) is 16.8. The van der Waals surface area contributed by atoms with Crippen molar-refractivity contribution in [1.82, 2.24) is 4.98 Å². The summed E-state index contributed by atoms with van der Waals surface area (Å²) in [5.74, 6) is -0.0625. The Morgan fingerprint density at radius 2 is 2.00 bits per heavy atom. The Balaban J connectivity index is 0.000000312. The number of hydrogen-bond acceptors (Lipinski definition) is 4. The van der Waals surface area contributed by atoms with Crippen LogP contribution in [0.4, 0.5) is 0 Å². The minimum Gasteiger partial charge on any atom is -0.512 e. The van der Waals surface area contributed by atoms with Crippen LogP contribution in [0.15, 0.2) is 54.4 Å². The largest absolute Gasteiger partial charge is 0.512 e. The summed E-state index contributed by atoms with van der Waals surface area (Å²) >= 11 is 1.74. The van der Waals surface area contributed by atoms with Crippen molar-refractivity contribution in [2.24, 2.45) is 0 Å². The summed E-state index contributed by atoms with van der Waals surface area (Å²) in [4.78, 5) is 15.5. The van der Waals surface area contributed by atoms with E-state index in [0.717, 1.165) is 10.6 Å². The van der Waals surface area contributed by atoms with Gasteiger partial charge in [0.25, 0.3) is 0 Å². The van der Waals surface area contributed by atoms with Gasteiger partial charge in [0.15, 0.2) is 5.78 Å². The number of nitrogens with zero attached hydrogens (tertiary/aromatic N) is 1. The van der Waals surface area contributed by atoms with Crippen LogP contribution >= 0.6 is 11.3 Å². The van der Waals surface area contributed by atoms with Crippen molar-refractivity contribution in [3.8, 4) is 10.6 Å². The van der Waals surface area contributed by atoms with Gasteiger partial charge in [-0.15, -0.1) is 17.5 Å². The number of carbonyl (C=O) groups excluding carboxylic acids is 1. The normalized spacial score (nSPS) is 10.5. The summed E-state index contributed by atoms with van der Waals surface area (Å²) in [5, 5.41) is 9.55. The average molecular weight is 517 g/mol. The van der Waals surface area contributed by atoms with E-state index in [-0.39, 0.29) is 31.6 Å². The number of aliphatic hydroxyl groups is 1. The maximum atomic E-state index is 10.0. The molecule has 2 aromatic heterocycles. The summed E-state index contributed by atoms with van der Waals surface area (Å²) in [6.45, 7) is 4.95. The van der Waals surface area contributed by atoms with Crippen LogP contribution in [0.25, 0.3) is 20.7 Å². The maximum absolute atomic E-state index is 10.0. The quantitative estimate of drug-likeness (QED) is 0.293. The van der Waals surface area contributed by atoms with Crippen LogP contribution in [0, 0.1) is 13.0 Å². The number of aryl methyl sites for hydroxylation is 1. The molecule has 1 aromatic carbocycles. The maximum Gasteiger partial charge on any atom is 0.155 e. The van der Waals surface area contributed by atoms with E-state index in [4.69, 9.17) is 5.11 Å². The van der Waals surface area contributed by atoms with Crippen LogP contribution in [0.5, 0.6) is 0 Å². The molecular formula is C19H18IrNO2S-. The Morgan fingerprint density at radius 3 is 2.54 bits per heavy atom. The predicted octanol–water partition coefficient (Wildman–Crippen LogP) is 5.11. The molecule has 0 fully saturated rings. The van der Waals surface area contributed by atoms with E-state index in [1.807, 2.05) is 24.4 Å². The fourth-order valence-electron chi connectivity index (χ4n) is 2.00. The number of aromatic nitrogens is 1. The molecule has 127 valence electrons. The third-order valence-corrected chi connectivity index (χ3v) is 4.00. The standard InChI is InChI=1S/C14H10NS.C5H8O2.Ir/c1-10-5-6-13-11(8-10)9-14(16-13)12-4-2-3-7-15-12;1-4(6)3-5(2)7;/h2-8H,1H3;3,6H,1-2H3;/q-1;;/b;4-3-;. The van der Waals surface area contributed by atoms with Gasteiger partial charge < -0.3 is 10.1 Å². The zero-order valence-corrected chi connectivity index (χ0v) is 16.9. The van der Waals surface area contributed by atoms with Gasteiger partial charge in [0.05, 0.1) is 5.76 Å². The van der Waals surface area contributed by atoms with E-state index in [9.17, 15) is 4.79 Å². The minimum absolute atomic E-state index is 0. The van der Waals surface area contributed by atoms with Crippen LogP contribution in [-0.2, 0) is 24.9 Å². The van der Waals surface area contributed by atoms with Gasteiger partial charge in [0.2, 0.25) is 0 Å². The first-order valence-electron chi connectivity index (χ1n) is 7.17. The summed E-state index contributed by atoms with van der Waals surface area (Å²) in [6.07, 6.45) is 2.98. The number of carbonyl (C=O) groups is 1. The molecule has 3 nitrogen and oxygen atoms in total. The molecule has 0 atom stereocenters. The molecule has 0 aliphatic rings. The topological polar surface area (TPSA) is 50.2 Å². The van der Waals surface area contributed by atoms with Gasteiger partial charge in [0.1, 0.15) is 0 Å². The fourth-order valence-corrected chi connectivity index (χ4v) is 2.96. The van der Waals surface area contributed by atoms with Crippen molar-refractivity contribution in [2.75, 3.05) is 0 Å². The van der Waals surface area contributed by atoms with E-state index in [0.29, 0.717) is 0 Å². The molecule has 0 aliphatic carbocycles. The van der Waals surface area contributed by atoms with Crippen LogP contribution in [0.2, 0.25) is 0 Å². The SMILES string of the molecule is CC(=O)/C=C(/C)O.Cc1ccc2sc(-c3ccccn3)[c-]c2c1.[Ir]. The van der Waals surface area contributed by atoms with Crippen molar-refractivity contribution in [1.29, 1.82) is 0 Å². The minimum atomic E-state index is -0.125. The first-order valence-corrected chi connectivity index (χ1v) is 7.99. The number of allylic oxidation sites excluding steroid dienone is 2. The van der Waals surface area contributed by atoms with Crippen molar-refractivity contribution in [2.45, 2.75) is 20.8 Å². The summed E-state index contributed by atoms with van der Waals surface area (Å²) in [7, 11) is 0. The smallest absolute Gasteiger partial charge is 0.155 e. The Bertz CT molecular complexity index is 837. The molecule has 1 radical (unpaired) electrons. The molecule has 0 aliphatic heterocycles. The molecule has 0 amide bonds. The van der Waals surface area contributed by atoms with E-state index in [1.165, 1.54) is 35.6 Å². The van der Waals surface area contributed by atoms with Crippen LogP contribution in [-0.4, -0.2) is 15.9 Å². The molecular weight excluding hydrogens is 498 g/mol. The number of fused-ring (bicyclic) bond motifs is 1. The van der Waals surface area contributed by atoms with Crippen LogP contribution in [0.3, 0.4) is 0 Å². The summed E-state index contributed by atoms with van der Waals surface area (Å²) in [5.41, 5.74) is 2.27. The second kappa shape index (κ2) is 9.48. The number of pyridine rings is 1. The number of benzene rings is 1. The van der Waals surface area contributed by atoms with Crippen LogP contribution in [0.1, 0.15) is 19.4 Å². The van der Waals surface area contributed by atoms with Gasteiger partial charge in [0, 0.05) is 38.1 Å². The second-order valence-electron chi connectivity index (χ2n) is 5.17. The molecule has 1 N–H and O–H groups in total. The first-order chi connectivity index (χ1) is 11.0. The number of rotatable bonds is 2. The Kier molecular flexibility index (Phi) is 7.99. The van der Waals surface area contributed by atoms with Gasteiger partial charge >= 0.3 is 0 Å². The number of aliphatic hydroxyl groups excluding tert-OH is 1. The molecule has 24 heavy (non-hydrogen) atoms. The molecule has 0 unspecified atom stereocenters. The number of thiophene rings is 1. The van der Waals surface area contributed by atoms with E-state index >= 15 is 0 Å². The number of ketones is 1. The third-order valence-electron chi connectivity index (χ3n) is 2.90. The monoisotopic (exact) mass is 517 g/mol. The molecule has 3 aromatic rings. The molecule has 0 saturated carbocycles. The summed E-state index contributed by atoms with van der Waals surface area (Å²) in [6, 6.07) is 15.8. The third kappa shape index (κ3) is 6.00. The van der Waals surface area contributed by atoms with Gasteiger partial charge in [-0.3, -0.25) is 4.79 Å². The number of hydrogen-bond donors (Lipinski definition) is 1. The predicted molar refractivity (Wildman–Crippen MR) is 95.7 cm³/mol. The molecule has 5 heteroatoms. The van der Waals surface area contributed by atoms with Crippen LogP contribution < -0.4 is 0 Å². The molecule has 0 spiro atoms. The van der Waals surface area contributed by atoms with Gasteiger partial charge in [-0.25, -0.2) is 11.3 Å². The Labute approximate surface area is 159 Å². The summed E-state index contributed by atoms with van der Waals surface area (Å²) < 4.78 is 1.27. The molecule has 0 saturated heterocycles.